The van der Waals surface area contributed by atoms with Crippen LogP contribution in [0.5, 0.6) is 11.5 Å². The fourth-order valence-electron chi connectivity index (χ4n) is 2.27. The van der Waals surface area contributed by atoms with Gasteiger partial charge in [-0.25, -0.2) is 0 Å². The van der Waals surface area contributed by atoms with Crippen LogP contribution in [0.25, 0.3) is 0 Å². The molecule has 0 saturated carbocycles. The van der Waals surface area contributed by atoms with Crippen LogP contribution in [-0.2, 0) is 9.59 Å². The van der Waals surface area contributed by atoms with Gasteiger partial charge in [-0.2, -0.15) is 0 Å². The molecule has 26 heavy (non-hydrogen) atoms. The number of carbonyl (C=O) groups excluding carboxylic acids is 2. The lowest BCUT2D eigenvalue weighted by atomic mass is 10.1. The molecule has 0 bridgehead atoms. The number of phenols is 1. The lowest BCUT2D eigenvalue weighted by molar-refractivity contribution is -0.129. The molecule has 1 aromatic carbocycles. The predicted molar refractivity (Wildman–Crippen MR) is 102 cm³/mol. The molecule has 2 amide bonds. The molecule has 0 saturated heterocycles. The number of ether oxygens (including phenoxy) is 1. The van der Waals surface area contributed by atoms with Crippen LogP contribution in [0.15, 0.2) is 36.4 Å². The number of hydrazine groups is 1. The molecule has 0 aliphatic carbocycles. The Morgan fingerprint density at radius 3 is 2.35 bits per heavy atom. The van der Waals surface area contributed by atoms with Crippen LogP contribution in [0.2, 0.25) is 0 Å². The van der Waals surface area contributed by atoms with E-state index in [-0.39, 0.29) is 24.7 Å². The Morgan fingerprint density at radius 2 is 1.62 bits per heavy atom. The first kappa shape index (κ1) is 21.5. The summed E-state index contributed by atoms with van der Waals surface area (Å²) in [7, 11) is 0. The summed E-state index contributed by atoms with van der Waals surface area (Å²) in [6.45, 7) is 1.98. The number of unbranched alkanes of at least 4 members (excludes halogenated alkanes) is 6. The number of hydrogen-bond acceptors (Lipinski definition) is 4. The van der Waals surface area contributed by atoms with Crippen molar-refractivity contribution in [3.8, 4) is 11.5 Å². The van der Waals surface area contributed by atoms with E-state index in [0.717, 1.165) is 12.8 Å². The summed E-state index contributed by atoms with van der Waals surface area (Å²) in [6, 6.07) is 6.03. The summed E-state index contributed by atoms with van der Waals surface area (Å²) in [5, 5.41) is 9.15. The molecule has 144 valence electrons. The second-order valence-electron chi connectivity index (χ2n) is 6.11. The first-order valence-corrected chi connectivity index (χ1v) is 9.26. The Hall–Kier alpha value is -2.50. The molecule has 1 rings (SSSR count). The molecule has 1 aromatic rings. The molecule has 0 atom stereocenters. The summed E-state index contributed by atoms with van der Waals surface area (Å²) in [6.07, 6.45) is 12.6. The highest BCUT2D eigenvalue weighted by atomic mass is 16.5. The first-order valence-electron chi connectivity index (χ1n) is 9.26. The summed E-state index contributed by atoms with van der Waals surface area (Å²) < 4.78 is 5.23. The smallest absolute Gasteiger partial charge is 0.276 e. The molecule has 3 N–H and O–H groups in total. The maximum absolute atomic E-state index is 11.6. The highest BCUT2D eigenvalue weighted by molar-refractivity contribution is 5.83. The zero-order chi connectivity index (χ0) is 19.0. The summed E-state index contributed by atoms with van der Waals surface area (Å²) in [4.78, 5) is 23.2. The van der Waals surface area contributed by atoms with Crippen molar-refractivity contribution >= 4 is 11.8 Å². The van der Waals surface area contributed by atoms with Crippen LogP contribution in [0.4, 0.5) is 0 Å². The Bertz CT molecular complexity index is 555. The SMILES string of the molecule is CCCCCCCC/C=C/CC(=O)NNC(=O)COc1ccc(O)cc1. The molecular weight excluding hydrogens is 332 g/mol. The molecule has 0 fully saturated rings. The molecule has 6 nitrogen and oxygen atoms in total. The van der Waals surface area contributed by atoms with Crippen molar-refractivity contribution in [1.29, 1.82) is 0 Å². The van der Waals surface area contributed by atoms with Crippen LogP contribution in [-0.4, -0.2) is 23.5 Å². The first-order chi connectivity index (χ1) is 12.6. The van der Waals surface area contributed by atoms with Crippen LogP contribution < -0.4 is 15.6 Å². The van der Waals surface area contributed by atoms with E-state index in [1.165, 1.54) is 44.2 Å². The number of carbonyl (C=O) groups is 2. The van der Waals surface area contributed by atoms with Gasteiger partial charge in [-0.15, -0.1) is 0 Å². The molecule has 0 aromatic heterocycles. The molecule has 0 radical (unpaired) electrons. The van der Waals surface area contributed by atoms with Gasteiger partial charge in [-0.1, -0.05) is 51.2 Å². The number of benzene rings is 1. The number of phenolic OH excluding ortho intramolecular Hbond substituents is 1. The number of aromatic hydroxyl groups is 1. The maximum atomic E-state index is 11.6. The fourth-order valence-corrected chi connectivity index (χ4v) is 2.27. The zero-order valence-corrected chi connectivity index (χ0v) is 15.5. The summed E-state index contributed by atoms with van der Waals surface area (Å²) >= 11 is 0. The molecule has 0 spiro atoms. The van der Waals surface area contributed by atoms with Gasteiger partial charge in [0, 0.05) is 6.42 Å². The highest BCUT2D eigenvalue weighted by Gasteiger charge is 2.04. The van der Waals surface area contributed by atoms with Crippen LogP contribution in [0.3, 0.4) is 0 Å². The monoisotopic (exact) mass is 362 g/mol. The van der Waals surface area contributed by atoms with E-state index in [1.807, 2.05) is 12.2 Å². The third-order valence-electron chi connectivity index (χ3n) is 3.74. The van der Waals surface area contributed by atoms with Gasteiger partial charge in [-0.3, -0.25) is 20.4 Å². The average molecular weight is 362 g/mol. The third kappa shape index (κ3) is 11.1. The quantitative estimate of drug-likeness (QED) is 0.301. The van der Waals surface area contributed by atoms with Crippen molar-refractivity contribution in [2.24, 2.45) is 0 Å². The Morgan fingerprint density at radius 1 is 0.962 bits per heavy atom. The van der Waals surface area contributed by atoms with Crippen molar-refractivity contribution in [3.63, 3.8) is 0 Å². The predicted octanol–water partition coefficient (Wildman–Crippen LogP) is 3.62. The van der Waals surface area contributed by atoms with Crippen molar-refractivity contribution < 1.29 is 19.4 Å². The van der Waals surface area contributed by atoms with Crippen LogP contribution in [0, 0.1) is 0 Å². The summed E-state index contributed by atoms with van der Waals surface area (Å²) in [5.74, 6) is -0.148. The lowest BCUT2D eigenvalue weighted by Crippen LogP contribution is -2.43. The second-order valence-corrected chi connectivity index (χ2v) is 6.11. The zero-order valence-electron chi connectivity index (χ0n) is 15.5. The third-order valence-corrected chi connectivity index (χ3v) is 3.74. The average Bonchev–Trinajstić information content (AvgIpc) is 2.64. The summed E-state index contributed by atoms with van der Waals surface area (Å²) in [5.41, 5.74) is 4.64. The number of hydrogen-bond donors (Lipinski definition) is 3. The minimum absolute atomic E-state index is 0.124. The van der Waals surface area contributed by atoms with E-state index in [1.54, 1.807) is 12.1 Å². The van der Waals surface area contributed by atoms with E-state index in [4.69, 9.17) is 9.84 Å². The van der Waals surface area contributed by atoms with Gasteiger partial charge >= 0.3 is 0 Å². The number of allylic oxidation sites excluding steroid dienone is 1. The molecular formula is C20H30N2O4. The number of nitrogens with one attached hydrogen (secondary N) is 2. The van der Waals surface area contributed by atoms with Gasteiger partial charge < -0.3 is 9.84 Å². The fraction of sp³-hybridized carbons (Fsp3) is 0.500. The largest absolute Gasteiger partial charge is 0.508 e. The second kappa shape index (κ2) is 13.8. The van der Waals surface area contributed by atoms with Gasteiger partial charge in [0.1, 0.15) is 11.5 Å². The van der Waals surface area contributed by atoms with Crippen molar-refractivity contribution in [1.82, 2.24) is 10.9 Å². The van der Waals surface area contributed by atoms with Gasteiger partial charge in [0.2, 0.25) is 5.91 Å². The van der Waals surface area contributed by atoms with E-state index < -0.39 is 5.91 Å². The lowest BCUT2D eigenvalue weighted by Gasteiger charge is -2.08. The molecule has 0 aliphatic heterocycles. The van der Waals surface area contributed by atoms with Gasteiger partial charge in [0.15, 0.2) is 6.61 Å². The van der Waals surface area contributed by atoms with Crippen LogP contribution in [0.1, 0.15) is 58.3 Å². The van der Waals surface area contributed by atoms with E-state index in [0.29, 0.717) is 5.75 Å². The van der Waals surface area contributed by atoms with Gasteiger partial charge in [0.05, 0.1) is 0 Å². The van der Waals surface area contributed by atoms with Crippen molar-refractivity contribution in [3.05, 3.63) is 36.4 Å². The van der Waals surface area contributed by atoms with E-state index in [9.17, 15) is 9.59 Å². The van der Waals surface area contributed by atoms with E-state index in [2.05, 4.69) is 17.8 Å². The van der Waals surface area contributed by atoms with Crippen LogP contribution >= 0.6 is 0 Å². The molecule has 0 heterocycles. The normalized spacial score (nSPS) is 10.7. The molecule has 0 unspecified atom stereocenters. The van der Waals surface area contributed by atoms with Gasteiger partial charge in [-0.05, 0) is 37.1 Å². The Kier molecular flexibility index (Phi) is 11.4. The number of amides is 2. The van der Waals surface area contributed by atoms with Gasteiger partial charge in [0.25, 0.3) is 5.91 Å². The Balaban J connectivity index is 2.03. The minimum Gasteiger partial charge on any atom is -0.508 e. The van der Waals surface area contributed by atoms with Crippen molar-refractivity contribution in [2.75, 3.05) is 6.61 Å². The molecule has 0 aliphatic rings. The topological polar surface area (TPSA) is 87.7 Å². The van der Waals surface area contributed by atoms with E-state index >= 15 is 0 Å². The standard InChI is InChI=1S/C20H30N2O4/c1-2-3-4-5-6-7-8-9-10-11-19(24)21-22-20(25)16-26-18-14-12-17(23)13-15-18/h9-10,12-15,23H,2-8,11,16H2,1H3,(H,21,24)(H,22,25)/b10-9+. The molecule has 6 heteroatoms. The highest BCUT2D eigenvalue weighted by Crippen LogP contribution is 2.15. The minimum atomic E-state index is -0.456. The Labute approximate surface area is 155 Å². The van der Waals surface area contributed by atoms with Crippen molar-refractivity contribution in [2.45, 2.75) is 58.3 Å². The maximum Gasteiger partial charge on any atom is 0.276 e. The number of rotatable bonds is 12.